The topological polar surface area (TPSA) is 23.6 Å². The van der Waals surface area contributed by atoms with Crippen molar-refractivity contribution < 1.29 is 41.9 Å². The average molecular weight is 395 g/mol. The number of nitrogens with zero attached hydrogens (tertiary/aromatic N) is 2. The zero-order chi connectivity index (χ0) is 14.0. The Bertz CT molecular complexity index is 517. The molecule has 0 aromatic heterocycles. The van der Waals surface area contributed by atoms with E-state index in [0.717, 1.165) is 12.1 Å². The fraction of sp³-hybridized carbons (Fsp3) is 0.231. The number of Topliss-reactive ketones (excluding diaryl/α,β-unsaturated/α-hetero) is 1. The first-order valence-corrected chi connectivity index (χ1v) is 5.51. The summed E-state index contributed by atoms with van der Waals surface area (Å²) >= 11 is 0. The van der Waals surface area contributed by atoms with E-state index in [2.05, 4.69) is 6.67 Å². The van der Waals surface area contributed by atoms with Gasteiger partial charge in [0.2, 0.25) is 0 Å². The molecule has 20 heavy (non-hydrogen) atoms. The second-order valence-electron chi connectivity index (χ2n) is 4.14. The Morgan fingerprint density at radius 3 is 2.55 bits per heavy atom. The first-order valence-electron chi connectivity index (χ1n) is 5.51. The lowest BCUT2D eigenvalue weighted by atomic mass is 10.1. The summed E-state index contributed by atoms with van der Waals surface area (Å²) < 4.78 is 37.6. The molecule has 0 unspecified atom stereocenters. The number of hydrogen-bond acceptors (Lipinski definition) is 3. The van der Waals surface area contributed by atoms with Crippen LogP contribution in [0.2, 0.25) is 0 Å². The van der Waals surface area contributed by atoms with Crippen LogP contribution in [0.3, 0.4) is 0 Å². The van der Waals surface area contributed by atoms with E-state index >= 15 is 0 Å². The van der Waals surface area contributed by atoms with Crippen molar-refractivity contribution in [2.45, 2.75) is 6.18 Å². The summed E-state index contributed by atoms with van der Waals surface area (Å²) in [6.45, 7) is 2.77. The van der Waals surface area contributed by atoms with Gasteiger partial charge < -0.3 is 24.0 Å². The summed E-state index contributed by atoms with van der Waals surface area (Å²) in [7, 11) is 1.74. The Morgan fingerprint density at radius 2 is 2.00 bits per heavy atom. The first-order chi connectivity index (χ1) is 8.86. The third-order valence-electron chi connectivity index (χ3n) is 2.58. The molecule has 1 aliphatic heterocycles. The number of carbonyl (C=O) groups is 1. The molecular formula is C13H11F3IN2O. The lowest BCUT2D eigenvalue weighted by Crippen LogP contribution is -3.00. The average Bonchev–Trinajstić information content (AvgIpc) is 2.74. The molecule has 2 rings (SSSR count). The van der Waals surface area contributed by atoms with Crippen LogP contribution < -0.4 is 24.0 Å². The van der Waals surface area contributed by atoms with Gasteiger partial charge >= 0.3 is 12.8 Å². The lowest BCUT2D eigenvalue weighted by Gasteiger charge is -2.08. The van der Waals surface area contributed by atoms with Crippen molar-refractivity contribution >= 4 is 5.78 Å². The van der Waals surface area contributed by atoms with Crippen LogP contribution in [0.1, 0.15) is 15.9 Å². The Hall–Kier alpha value is -1.38. The van der Waals surface area contributed by atoms with Gasteiger partial charge in [-0.3, -0.25) is 4.79 Å². The molecule has 0 N–H and O–H groups in total. The van der Waals surface area contributed by atoms with Gasteiger partial charge in [-0.25, -0.2) is 0 Å². The molecule has 1 aromatic rings. The van der Waals surface area contributed by atoms with Gasteiger partial charge in [0.05, 0.1) is 25.0 Å². The molecule has 0 amide bonds. The van der Waals surface area contributed by atoms with Gasteiger partial charge in [-0.15, -0.1) is 9.80 Å². The summed E-state index contributed by atoms with van der Waals surface area (Å²) in [4.78, 5) is 15.0. The third-order valence-corrected chi connectivity index (χ3v) is 2.58. The molecule has 0 aliphatic carbocycles. The second kappa shape index (κ2) is 6.38. The molecule has 107 valence electrons. The van der Waals surface area contributed by atoms with E-state index in [0.29, 0.717) is 0 Å². The van der Waals surface area contributed by atoms with E-state index in [4.69, 9.17) is 0 Å². The quantitative estimate of drug-likeness (QED) is 0.396. The van der Waals surface area contributed by atoms with Gasteiger partial charge in [0, 0.05) is 5.56 Å². The van der Waals surface area contributed by atoms with Crippen LogP contribution >= 0.6 is 0 Å². The van der Waals surface area contributed by atoms with Gasteiger partial charge in [-0.05, 0) is 12.1 Å². The summed E-state index contributed by atoms with van der Waals surface area (Å²) in [6.07, 6.45) is -1.12. The maximum Gasteiger partial charge on any atom is 0.564 e. The maximum absolute atomic E-state index is 12.5. The van der Waals surface area contributed by atoms with E-state index in [9.17, 15) is 18.0 Å². The minimum atomic E-state index is -4.44. The van der Waals surface area contributed by atoms with Crippen LogP contribution in [0.5, 0.6) is 0 Å². The Morgan fingerprint density at radius 1 is 1.30 bits per heavy atom. The van der Waals surface area contributed by atoms with Crippen LogP contribution in [0.15, 0.2) is 36.7 Å². The van der Waals surface area contributed by atoms with Gasteiger partial charge in [-0.2, -0.15) is 13.2 Å². The highest BCUT2D eigenvalue weighted by molar-refractivity contribution is 5.97. The fourth-order valence-corrected chi connectivity index (χ4v) is 1.65. The maximum atomic E-state index is 12.5. The molecule has 7 heteroatoms. The highest BCUT2D eigenvalue weighted by Gasteiger charge is 2.32. The molecule has 0 atom stereocenters. The standard InChI is InChI=1S/C13H11F3N2O.HI/c1-17-5-6-18(9-17)8-12(19)10-3-2-4-11(7-10)13(14,15)16;/h2-7H,8H2,1H3;1H/q+1;/p-1. The monoisotopic (exact) mass is 395 g/mol. The largest absolute Gasteiger partial charge is 1.00 e. The smallest absolute Gasteiger partial charge is 0.564 e. The van der Waals surface area contributed by atoms with E-state index in [1.54, 1.807) is 24.3 Å². The number of alkyl halides is 3. The molecule has 0 saturated heterocycles. The molecule has 0 fully saturated rings. The van der Waals surface area contributed by atoms with Crippen molar-refractivity contribution in [2.24, 2.45) is 0 Å². The molecule has 1 aromatic carbocycles. The summed E-state index contributed by atoms with van der Waals surface area (Å²) in [6, 6.07) is 4.42. The third kappa shape index (κ3) is 4.06. The molecule has 0 spiro atoms. The van der Waals surface area contributed by atoms with Gasteiger partial charge in [-0.1, -0.05) is 12.1 Å². The van der Waals surface area contributed by atoms with E-state index < -0.39 is 17.5 Å². The normalized spacial score (nSPS) is 14.0. The first kappa shape index (κ1) is 16.7. The molecule has 1 heterocycles. The molecule has 3 nitrogen and oxygen atoms in total. The fourth-order valence-electron chi connectivity index (χ4n) is 1.65. The Balaban J connectivity index is 0.00000200. The van der Waals surface area contributed by atoms with Crippen LogP contribution in [-0.4, -0.2) is 29.2 Å². The minimum absolute atomic E-state index is 0. The van der Waals surface area contributed by atoms with Crippen molar-refractivity contribution in [1.82, 2.24) is 9.80 Å². The number of carbonyl (C=O) groups excluding carboxylic acids is 1. The molecule has 1 radical (unpaired) electrons. The van der Waals surface area contributed by atoms with Crippen LogP contribution in [0, 0.1) is 6.67 Å². The Kier molecular flexibility index (Phi) is 5.32. The van der Waals surface area contributed by atoms with Crippen molar-refractivity contribution in [1.29, 1.82) is 0 Å². The van der Waals surface area contributed by atoms with E-state index in [1.165, 1.54) is 17.0 Å². The van der Waals surface area contributed by atoms with Gasteiger partial charge in [0.1, 0.15) is 6.54 Å². The predicted molar refractivity (Wildman–Crippen MR) is 62.6 cm³/mol. The highest BCUT2D eigenvalue weighted by atomic mass is 127. The Labute approximate surface area is 132 Å². The van der Waals surface area contributed by atoms with Crippen molar-refractivity contribution in [2.75, 3.05) is 13.6 Å². The van der Waals surface area contributed by atoms with Crippen molar-refractivity contribution in [3.63, 3.8) is 0 Å². The second-order valence-corrected chi connectivity index (χ2v) is 4.14. The van der Waals surface area contributed by atoms with Crippen molar-refractivity contribution in [3.8, 4) is 0 Å². The number of hydrogen-bond donors (Lipinski definition) is 0. The zero-order valence-corrected chi connectivity index (χ0v) is 12.6. The van der Waals surface area contributed by atoms with Gasteiger partial charge in [0.25, 0.3) is 0 Å². The number of benzene rings is 1. The summed E-state index contributed by atoms with van der Waals surface area (Å²) in [5, 5.41) is 0. The summed E-state index contributed by atoms with van der Waals surface area (Å²) in [5.74, 6) is -0.390. The molecule has 0 saturated carbocycles. The van der Waals surface area contributed by atoms with Crippen LogP contribution in [0.4, 0.5) is 13.2 Å². The zero-order valence-electron chi connectivity index (χ0n) is 10.5. The minimum Gasteiger partial charge on any atom is -1.00 e. The highest BCUT2D eigenvalue weighted by Crippen LogP contribution is 2.29. The molecule has 1 aliphatic rings. The lowest BCUT2D eigenvalue weighted by molar-refractivity contribution is -0.137. The number of ketones is 1. The summed E-state index contributed by atoms with van der Waals surface area (Å²) in [5.41, 5.74) is -0.778. The SMILES string of the molecule is CN1[C+]N(CC(=O)c2cccc(C(F)(F)F)c2)C=C1.[I-]. The number of halogens is 4. The molecular weight excluding hydrogens is 384 g/mol. The molecule has 0 bridgehead atoms. The van der Waals surface area contributed by atoms with Crippen molar-refractivity contribution in [3.05, 3.63) is 54.5 Å². The van der Waals surface area contributed by atoms with E-state index in [1.807, 2.05) is 0 Å². The van der Waals surface area contributed by atoms with Crippen LogP contribution in [-0.2, 0) is 6.18 Å². The predicted octanol–water partition coefficient (Wildman–Crippen LogP) is -0.393. The van der Waals surface area contributed by atoms with Crippen LogP contribution in [0.25, 0.3) is 0 Å². The van der Waals surface area contributed by atoms with Gasteiger partial charge in [0.15, 0.2) is 5.78 Å². The van der Waals surface area contributed by atoms with E-state index in [-0.39, 0.29) is 36.1 Å². The number of rotatable bonds is 3.